The van der Waals surface area contributed by atoms with Crippen LogP contribution in [-0.2, 0) is 9.53 Å². The molecule has 0 aromatic heterocycles. The van der Waals surface area contributed by atoms with Crippen LogP contribution in [0.15, 0.2) is 48.1 Å². The normalized spacial score (nSPS) is 26.2. The van der Waals surface area contributed by atoms with Gasteiger partial charge in [0.1, 0.15) is 5.76 Å². The minimum atomic E-state index is -0.572. The Balaban J connectivity index is 2.41. The fourth-order valence-electron chi connectivity index (χ4n) is 1.93. The number of carbonyl (C=O) groups excluding carboxylic acids is 1. The largest absolute Gasteiger partial charge is 0.507 e. The lowest BCUT2D eigenvalue weighted by Gasteiger charge is -2.27. The molecule has 18 heavy (non-hydrogen) atoms. The maximum Gasteiger partial charge on any atom is 0.169 e. The van der Waals surface area contributed by atoms with Crippen molar-refractivity contribution in [3.63, 3.8) is 0 Å². The summed E-state index contributed by atoms with van der Waals surface area (Å²) in [5.41, 5.74) is 0.416. The predicted molar refractivity (Wildman–Crippen MR) is 70.2 cm³/mol. The molecule has 3 nitrogen and oxygen atoms in total. The lowest BCUT2D eigenvalue weighted by atomic mass is 9.87. The average Bonchev–Trinajstić information content (AvgIpc) is 2.39. The van der Waals surface area contributed by atoms with Gasteiger partial charge in [-0.2, -0.15) is 0 Å². The molecule has 1 aromatic carbocycles. The zero-order chi connectivity index (χ0) is 13.2. The second-order valence-electron chi connectivity index (χ2n) is 4.58. The van der Waals surface area contributed by atoms with Gasteiger partial charge in [-0.05, 0) is 13.0 Å². The van der Waals surface area contributed by atoms with Crippen LogP contribution < -0.4 is 0 Å². The number of hydrogen-bond acceptors (Lipinski definition) is 3. The lowest BCUT2D eigenvalue weighted by Crippen LogP contribution is -2.31. The average molecular weight is 244 g/mol. The number of allylic oxidation sites excluding steroid dienone is 2. The monoisotopic (exact) mass is 244 g/mol. The van der Waals surface area contributed by atoms with Crippen LogP contribution in [-0.4, -0.2) is 23.6 Å². The van der Waals surface area contributed by atoms with Gasteiger partial charge < -0.3 is 9.84 Å². The molecule has 1 unspecified atom stereocenters. The van der Waals surface area contributed by atoms with Crippen LogP contribution >= 0.6 is 0 Å². The molecule has 0 bridgehead atoms. The molecule has 1 aliphatic rings. The first-order valence-corrected chi connectivity index (χ1v) is 5.82. The summed E-state index contributed by atoms with van der Waals surface area (Å²) in [7, 11) is 1.57. The number of ketones is 1. The van der Waals surface area contributed by atoms with Gasteiger partial charge in [0.25, 0.3) is 0 Å². The van der Waals surface area contributed by atoms with Crippen molar-refractivity contribution < 1.29 is 14.6 Å². The van der Waals surface area contributed by atoms with Crippen LogP contribution in [0.5, 0.6) is 0 Å². The van der Waals surface area contributed by atoms with Gasteiger partial charge in [-0.3, -0.25) is 4.79 Å². The maximum atomic E-state index is 12.0. The van der Waals surface area contributed by atoms with Gasteiger partial charge in [-0.1, -0.05) is 36.4 Å². The summed E-state index contributed by atoms with van der Waals surface area (Å²) in [6.07, 6.45) is 3.69. The van der Waals surface area contributed by atoms with Crippen molar-refractivity contribution in [1.29, 1.82) is 0 Å². The third-order valence-electron chi connectivity index (χ3n) is 3.18. The van der Waals surface area contributed by atoms with E-state index < -0.39 is 5.60 Å². The number of aliphatic hydroxyl groups is 1. The van der Waals surface area contributed by atoms with Gasteiger partial charge in [0.15, 0.2) is 5.78 Å². The minimum absolute atomic E-state index is 0.0232. The molecule has 0 amide bonds. The van der Waals surface area contributed by atoms with Gasteiger partial charge >= 0.3 is 0 Å². The Bertz CT molecular complexity index is 514. The molecule has 94 valence electrons. The van der Waals surface area contributed by atoms with E-state index in [1.165, 1.54) is 0 Å². The highest BCUT2D eigenvalue weighted by atomic mass is 16.5. The Hall–Kier alpha value is -1.87. The molecule has 0 saturated carbocycles. The molecule has 0 aliphatic heterocycles. The Labute approximate surface area is 106 Å². The first-order chi connectivity index (χ1) is 8.56. The van der Waals surface area contributed by atoms with Crippen molar-refractivity contribution in [2.75, 3.05) is 7.11 Å². The number of aliphatic hydroxyl groups excluding tert-OH is 1. The molecule has 0 heterocycles. The van der Waals surface area contributed by atoms with Crippen molar-refractivity contribution >= 4 is 11.5 Å². The van der Waals surface area contributed by atoms with Crippen LogP contribution in [0.2, 0.25) is 0 Å². The quantitative estimate of drug-likeness (QED) is 0.642. The predicted octanol–water partition coefficient (Wildman–Crippen LogP) is 2.89. The third kappa shape index (κ3) is 2.36. The number of rotatable bonds is 2. The number of hydrogen-bond donors (Lipinski definition) is 1. The van der Waals surface area contributed by atoms with E-state index in [9.17, 15) is 9.90 Å². The highest BCUT2D eigenvalue weighted by molar-refractivity contribution is 6.05. The van der Waals surface area contributed by atoms with E-state index in [0.29, 0.717) is 11.1 Å². The molecule has 0 fully saturated rings. The van der Waals surface area contributed by atoms with E-state index in [0.717, 1.165) is 0 Å². The van der Waals surface area contributed by atoms with Crippen LogP contribution in [0, 0.1) is 0 Å². The smallest absolute Gasteiger partial charge is 0.169 e. The first kappa shape index (κ1) is 12.6. The Morgan fingerprint density at radius 3 is 2.56 bits per heavy atom. The summed E-state index contributed by atoms with van der Waals surface area (Å²) in [6, 6.07) is 9.05. The Morgan fingerprint density at radius 2 is 2.00 bits per heavy atom. The molecule has 3 heteroatoms. The van der Waals surface area contributed by atoms with E-state index >= 15 is 0 Å². The maximum absolute atomic E-state index is 12.0. The molecule has 1 aromatic rings. The summed E-state index contributed by atoms with van der Waals surface area (Å²) in [4.78, 5) is 12.0. The summed E-state index contributed by atoms with van der Waals surface area (Å²) in [6.45, 7) is 1.84. The van der Waals surface area contributed by atoms with Crippen molar-refractivity contribution in [3.05, 3.63) is 53.6 Å². The van der Waals surface area contributed by atoms with E-state index in [-0.39, 0.29) is 18.0 Å². The van der Waals surface area contributed by atoms with E-state index in [1.54, 1.807) is 25.3 Å². The zero-order valence-electron chi connectivity index (χ0n) is 10.5. The standard InChI is InChI=1S/C15H16O3/c1-15(18-2)9-8-12(13(16)10-15)14(17)11-6-4-3-5-7-11/h3-9,17H,10H2,1-2H3/b14-12-. The summed E-state index contributed by atoms with van der Waals surface area (Å²) in [5, 5.41) is 10.1. The SMILES string of the molecule is COC1(C)C=C/C(=C(/O)c2ccccc2)C(=O)C1. The molecular formula is C15H16O3. The molecule has 2 rings (SSSR count). The minimum Gasteiger partial charge on any atom is -0.507 e. The fraction of sp³-hybridized carbons (Fsp3) is 0.267. The second kappa shape index (κ2) is 4.78. The van der Waals surface area contributed by atoms with Crippen LogP contribution in [0.3, 0.4) is 0 Å². The number of ether oxygens (including phenoxy) is 1. The Morgan fingerprint density at radius 1 is 1.33 bits per heavy atom. The molecule has 1 N–H and O–H groups in total. The molecule has 0 radical (unpaired) electrons. The second-order valence-corrected chi connectivity index (χ2v) is 4.58. The summed E-state index contributed by atoms with van der Waals surface area (Å²) < 4.78 is 5.27. The van der Waals surface area contributed by atoms with E-state index in [4.69, 9.17) is 4.74 Å². The number of carbonyl (C=O) groups is 1. The zero-order valence-corrected chi connectivity index (χ0v) is 10.5. The Kier molecular flexibility index (Phi) is 3.34. The fourth-order valence-corrected chi connectivity index (χ4v) is 1.93. The highest BCUT2D eigenvalue weighted by Gasteiger charge is 2.31. The lowest BCUT2D eigenvalue weighted by molar-refractivity contribution is -0.119. The molecule has 1 aliphatic carbocycles. The van der Waals surface area contributed by atoms with Crippen LogP contribution in [0.4, 0.5) is 0 Å². The van der Waals surface area contributed by atoms with Gasteiger partial charge in [-0.25, -0.2) is 0 Å². The molecule has 1 atom stereocenters. The summed E-state index contributed by atoms with van der Waals surface area (Å²) >= 11 is 0. The topological polar surface area (TPSA) is 46.5 Å². The van der Waals surface area contributed by atoms with E-state index in [1.807, 2.05) is 31.2 Å². The summed E-state index contributed by atoms with van der Waals surface area (Å²) in [5.74, 6) is -0.0850. The van der Waals surface area contributed by atoms with Crippen LogP contribution in [0.1, 0.15) is 18.9 Å². The molecule has 0 saturated heterocycles. The number of methoxy groups -OCH3 is 1. The van der Waals surface area contributed by atoms with Crippen molar-refractivity contribution in [2.45, 2.75) is 18.9 Å². The number of benzene rings is 1. The van der Waals surface area contributed by atoms with Crippen molar-refractivity contribution in [3.8, 4) is 0 Å². The highest BCUT2D eigenvalue weighted by Crippen LogP contribution is 2.28. The van der Waals surface area contributed by atoms with Gasteiger partial charge in [-0.15, -0.1) is 0 Å². The molecule has 0 spiro atoms. The first-order valence-electron chi connectivity index (χ1n) is 5.82. The van der Waals surface area contributed by atoms with Crippen LogP contribution in [0.25, 0.3) is 5.76 Å². The van der Waals surface area contributed by atoms with Gasteiger partial charge in [0.2, 0.25) is 0 Å². The third-order valence-corrected chi connectivity index (χ3v) is 3.18. The van der Waals surface area contributed by atoms with Gasteiger partial charge in [0.05, 0.1) is 11.2 Å². The van der Waals surface area contributed by atoms with E-state index in [2.05, 4.69) is 0 Å². The van der Waals surface area contributed by atoms with Gasteiger partial charge in [0, 0.05) is 19.1 Å². The van der Waals surface area contributed by atoms with Crippen molar-refractivity contribution in [2.24, 2.45) is 0 Å². The van der Waals surface area contributed by atoms with Crippen molar-refractivity contribution in [1.82, 2.24) is 0 Å². The molecular weight excluding hydrogens is 228 g/mol. The number of Topliss-reactive ketones (excluding diaryl/α,β-unsaturated/α-hetero) is 1.